The molecule has 0 heterocycles. The van der Waals surface area contributed by atoms with Crippen molar-refractivity contribution in [2.75, 3.05) is 0 Å². The smallest absolute Gasteiger partial charge is 0.345 e. The van der Waals surface area contributed by atoms with E-state index in [9.17, 15) is 9.90 Å². The Balaban J connectivity index is 2.20. The molecule has 2 aromatic carbocycles. The average molecular weight is 305 g/mol. The molecule has 0 aliphatic heterocycles. The van der Waals surface area contributed by atoms with Crippen LogP contribution in [0.25, 0.3) is 0 Å². The fourth-order valence-corrected chi connectivity index (χ4v) is 2.45. The number of aryl methyl sites for hydroxylation is 2. The molecule has 0 unspecified atom stereocenters. The van der Waals surface area contributed by atoms with Crippen molar-refractivity contribution in [2.45, 2.75) is 26.4 Å². The third kappa shape index (κ3) is 4.23. The van der Waals surface area contributed by atoms with E-state index in [1.807, 2.05) is 32.0 Å². The molecule has 2 aromatic rings. The fourth-order valence-electron chi connectivity index (χ4n) is 2.27. The van der Waals surface area contributed by atoms with Crippen LogP contribution in [0, 0.1) is 13.8 Å². The summed E-state index contributed by atoms with van der Waals surface area (Å²) in [4.78, 5) is 11.4. The topological polar surface area (TPSA) is 46.5 Å². The molecule has 21 heavy (non-hydrogen) atoms. The highest BCUT2D eigenvalue weighted by Gasteiger charge is 2.21. The molecule has 0 bridgehead atoms. The van der Waals surface area contributed by atoms with Gasteiger partial charge in [0.1, 0.15) is 5.75 Å². The number of carboxylic acid groups (broad SMARTS) is 1. The molecule has 0 radical (unpaired) electrons. The van der Waals surface area contributed by atoms with E-state index in [2.05, 4.69) is 0 Å². The van der Waals surface area contributed by atoms with Gasteiger partial charge in [-0.25, -0.2) is 4.79 Å². The van der Waals surface area contributed by atoms with E-state index in [0.717, 1.165) is 16.7 Å². The second kappa shape index (κ2) is 6.64. The van der Waals surface area contributed by atoms with Crippen LogP contribution in [-0.2, 0) is 11.2 Å². The summed E-state index contributed by atoms with van der Waals surface area (Å²) in [5, 5.41) is 9.76. The molecule has 0 amide bonds. The zero-order valence-electron chi connectivity index (χ0n) is 12.0. The van der Waals surface area contributed by atoms with Gasteiger partial charge < -0.3 is 9.84 Å². The van der Waals surface area contributed by atoms with Crippen LogP contribution < -0.4 is 4.74 Å². The summed E-state index contributed by atoms with van der Waals surface area (Å²) in [5.41, 5.74) is 3.14. The molecular formula is C17H17ClO3. The molecule has 0 saturated heterocycles. The number of rotatable bonds is 5. The molecule has 0 aliphatic carbocycles. The van der Waals surface area contributed by atoms with Crippen molar-refractivity contribution in [3.63, 3.8) is 0 Å². The lowest BCUT2D eigenvalue weighted by molar-refractivity contribution is -0.145. The first-order valence-electron chi connectivity index (χ1n) is 6.67. The molecule has 0 aromatic heterocycles. The minimum absolute atomic E-state index is 0.295. The molecule has 0 aliphatic rings. The molecule has 3 nitrogen and oxygen atoms in total. The van der Waals surface area contributed by atoms with Gasteiger partial charge >= 0.3 is 5.97 Å². The predicted molar refractivity (Wildman–Crippen MR) is 83.1 cm³/mol. The van der Waals surface area contributed by atoms with E-state index in [1.54, 1.807) is 24.3 Å². The average Bonchev–Trinajstić information content (AvgIpc) is 2.39. The van der Waals surface area contributed by atoms with E-state index in [1.165, 1.54) is 0 Å². The molecular weight excluding hydrogens is 288 g/mol. The van der Waals surface area contributed by atoms with Crippen molar-refractivity contribution in [2.24, 2.45) is 0 Å². The van der Waals surface area contributed by atoms with Crippen molar-refractivity contribution in [3.05, 3.63) is 64.2 Å². The number of halogens is 1. The van der Waals surface area contributed by atoms with Gasteiger partial charge in [0.15, 0.2) is 6.10 Å². The van der Waals surface area contributed by atoms with Gasteiger partial charge in [0.05, 0.1) is 5.02 Å². The molecule has 2 rings (SSSR count). The molecule has 4 heteroatoms. The van der Waals surface area contributed by atoms with E-state index < -0.39 is 12.1 Å². The number of para-hydroxylation sites is 1. The SMILES string of the molecule is Cc1cc(C)cc(C[C@@H](Oc2ccccc2Cl)C(=O)O)c1. The first kappa shape index (κ1) is 15.4. The van der Waals surface area contributed by atoms with Crippen molar-refractivity contribution in [3.8, 4) is 5.75 Å². The summed E-state index contributed by atoms with van der Waals surface area (Å²) in [6.07, 6.45) is -0.672. The fraction of sp³-hybridized carbons (Fsp3) is 0.235. The summed E-state index contributed by atoms with van der Waals surface area (Å²) in [5.74, 6) is -0.620. The third-order valence-corrected chi connectivity index (χ3v) is 3.40. The third-order valence-electron chi connectivity index (χ3n) is 3.08. The summed E-state index contributed by atoms with van der Waals surface area (Å²) in [6.45, 7) is 3.97. The van der Waals surface area contributed by atoms with Gasteiger partial charge in [0.2, 0.25) is 0 Å². The van der Waals surface area contributed by atoms with Gasteiger partial charge in [0.25, 0.3) is 0 Å². The first-order chi connectivity index (χ1) is 9.95. The molecule has 1 atom stereocenters. The van der Waals surface area contributed by atoms with E-state index in [0.29, 0.717) is 17.2 Å². The van der Waals surface area contributed by atoms with Crippen LogP contribution >= 0.6 is 11.6 Å². The maximum absolute atomic E-state index is 11.4. The maximum atomic E-state index is 11.4. The minimum Gasteiger partial charge on any atom is -0.478 e. The van der Waals surface area contributed by atoms with Crippen molar-refractivity contribution in [1.82, 2.24) is 0 Å². The monoisotopic (exact) mass is 304 g/mol. The Hall–Kier alpha value is -2.00. The summed E-state index contributed by atoms with van der Waals surface area (Å²) >= 11 is 6.01. The van der Waals surface area contributed by atoms with Crippen LogP contribution in [0.15, 0.2) is 42.5 Å². The highest BCUT2D eigenvalue weighted by molar-refractivity contribution is 6.32. The van der Waals surface area contributed by atoms with Crippen LogP contribution in [0.5, 0.6) is 5.75 Å². The molecule has 0 spiro atoms. The Bertz CT molecular complexity index is 632. The van der Waals surface area contributed by atoms with E-state index in [4.69, 9.17) is 16.3 Å². The van der Waals surface area contributed by atoms with Gasteiger partial charge in [-0.15, -0.1) is 0 Å². The van der Waals surface area contributed by atoms with E-state index in [-0.39, 0.29) is 0 Å². The lowest BCUT2D eigenvalue weighted by Gasteiger charge is -2.16. The quantitative estimate of drug-likeness (QED) is 0.907. The van der Waals surface area contributed by atoms with Crippen molar-refractivity contribution < 1.29 is 14.6 Å². The van der Waals surface area contributed by atoms with Gasteiger partial charge in [-0.05, 0) is 31.5 Å². The second-order valence-corrected chi connectivity index (χ2v) is 5.48. The molecule has 0 saturated carbocycles. The van der Waals surface area contributed by atoms with Crippen LogP contribution in [0.3, 0.4) is 0 Å². The van der Waals surface area contributed by atoms with Gasteiger partial charge in [-0.3, -0.25) is 0 Å². The standard InChI is InChI=1S/C17H17ClO3/c1-11-7-12(2)9-13(8-11)10-16(17(19)20)21-15-6-4-3-5-14(15)18/h3-9,16H,10H2,1-2H3,(H,19,20)/t16-/m1/s1. The molecule has 110 valence electrons. The Labute approximate surface area is 129 Å². The van der Waals surface area contributed by atoms with Gasteiger partial charge in [0, 0.05) is 6.42 Å². The Kier molecular flexibility index (Phi) is 4.86. The first-order valence-corrected chi connectivity index (χ1v) is 7.04. The highest BCUT2D eigenvalue weighted by atomic mass is 35.5. The Morgan fingerprint density at radius 2 is 1.81 bits per heavy atom. The minimum atomic E-state index is -1.01. The number of benzene rings is 2. The lowest BCUT2D eigenvalue weighted by Crippen LogP contribution is -2.29. The summed E-state index contributed by atoms with van der Waals surface area (Å²) < 4.78 is 5.56. The number of hydrogen-bond acceptors (Lipinski definition) is 2. The normalized spacial score (nSPS) is 12.0. The zero-order chi connectivity index (χ0) is 15.4. The number of ether oxygens (including phenoxy) is 1. The van der Waals surface area contributed by atoms with Crippen LogP contribution in [0.4, 0.5) is 0 Å². The van der Waals surface area contributed by atoms with Crippen molar-refractivity contribution in [1.29, 1.82) is 0 Å². The second-order valence-electron chi connectivity index (χ2n) is 5.08. The summed E-state index contributed by atoms with van der Waals surface area (Å²) in [6, 6.07) is 12.9. The predicted octanol–water partition coefficient (Wildman–Crippen LogP) is 4.03. The zero-order valence-corrected chi connectivity index (χ0v) is 12.7. The summed E-state index contributed by atoms with van der Waals surface area (Å²) in [7, 11) is 0. The Morgan fingerprint density at radius 1 is 1.19 bits per heavy atom. The van der Waals surface area contributed by atoms with Crippen LogP contribution in [0.1, 0.15) is 16.7 Å². The molecule has 1 N–H and O–H groups in total. The number of carbonyl (C=O) groups is 1. The number of aliphatic carboxylic acids is 1. The molecule has 0 fully saturated rings. The van der Waals surface area contributed by atoms with Crippen LogP contribution in [0.2, 0.25) is 5.02 Å². The number of carboxylic acids is 1. The van der Waals surface area contributed by atoms with Crippen LogP contribution in [-0.4, -0.2) is 17.2 Å². The largest absolute Gasteiger partial charge is 0.478 e. The Morgan fingerprint density at radius 3 is 2.38 bits per heavy atom. The van der Waals surface area contributed by atoms with Crippen molar-refractivity contribution >= 4 is 17.6 Å². The van der Waals surface area contributed by atoms with Gasteiger partial charge in [-0.1, -0.05) is 53.1 Å². The van der Waals surface area contributed by atoms with Gasteiger partial charge in [-0.2, -0.15) is 0 Å². The highest BCUT2D eigenvalue weighted by Crippen LogP contribution is 2.25. The maximum Gasteiger partial charge on any atom is 0.345 e. The number of hydrogen-bond donors (Lipinski definition) is 1. The lowest BCUT2D eigenvalue weighted by atomic mass is 10.0. The van der Waals surface area contributed by atoms with E-state index >= 15 is 0 Å².